The lowest BCUT2D eigenvalue weighted by Crippen LogP contribution is -2.18. The van der Waals surface area contributed by atoms with Gasteiger partial charge in [0, 0.05) is 22.5 Å². The van der Waals surface area contributed by atoms with E-state index in [1.807, 2.05) is 18.2 Å². The third-order valence-corrected chi connectivity index (χ3v) is 2.35. The molecule has 0 unspecified atom stereocenters. The molecule has 1 N–H and O–H groups in total. The molecule has 5 heteroatoms. The van der Waals surface area contributed by atoms with Crippen LogP contribution in [0.4, 0.5) is 4.79 Å². The highest BCUT2D eigenvalue weighted by atomic mass is 79.9. The summed E-state index contributed by atoms with van der Waals surface area (Å²) in [6.45, 7) is 0.601. The third-order valence-electron chi connectivity index (χ3n) is 2.07. The van der Waals surface area contributed by atoms with Gasteiger partial charge < -0.3 is 9.73 Å². The van der Waals surface area contributed by atoms with E-state index in [1.54, 1.807) is 0 Å². The molecule has 2 aromatic rings. The summed E-state index contributed by atoms with van der Waals surface area (Å²) < 4.78 is 5.18. The van der Waals surface area contributed by atoms with Gasteiger partial charge in [-0.1, -0.05) is 6.07 Å². The first-order chi connectivity index (χ1) is 7.25. The molecule has 0 fully saturated rings. The maximum absolute atomic E-state index is 10.6. The lowest BCUT2D eigenvalue weighted by atomic mass is 10.1. The van der Waals surface area contributed by atoms with Crippen molar-refractivity contribution in [3.8, 4) is 0 Å². The van der Waals surface area contributed by atoms with E-state index in [-0.39, 0.29) is 4.82 Å². The molecule has 0 saturated heterocycles. The minimum atomic E-state index is -0.191. The van der Waals surface area contributed by atoms with Gasteiger partial charge in [0.25, 0.3) is 4.82 Å². The van der Waals surface area contributed by atoms with E-state index in [4.69, 9.17) is 4.42 Å². The van der Waals surface area contributed by atoms with Crippen LogP contribution < -0.4 is 5.32 Å². The number of carbonyl (C=O) groups is 1. The number of nitrogens with one attached hydrogen (secondary N) is 1. The molecule has 78 valence electrons. The Morgan fingerprint density at radius 3 is 3.20 bits per heavy atom. The van der Waals surface area contributed by atoms with Gasteiger partial charge in [-0.2, -0.15) is 0 Å². The van der Waals surface area contributed by atoms with E-state index in [2.05, 4.69) is 26.2 Å². The Morgan fingerprint density at radius 2 is 2.40 bits per heavy atom. The van der Waals surface area contributed by atoms with Crippen molar-refractivity contribution in [2.45, 2.75) is 6.42 Å². The Kier molecular flexibility index (Phi) is 3.01. The summed E-state index contributed by atoms with van der Waals surface area (Å²) in [6, 6.07) is 5.82. The molecule has 0 radical (unpaired) electrons. The zero-order valence-corrected chi connectivity index (χ0v) is 9.45. The second kappa shape index (κ2) is 4.44. The molecule has 0 aliphatic carbocycles. The van der Waals surface area contributed by atoms with Gasteiger partial charge in [-0.3, -0.25) is 4.79 Å². The van der Waals surface area contributed by atoms with Crippen molar-refractivity contribution in [1.82, 2.24) is 10.3 Å². The molecule has 0 spiro atoms. The summed E-state index contributed by atoms with van der Waals surface area (Å²) in [5.74, 6) is 0. The summed E-state index contributed by atoms with van der Waals surface area (Å²) in [5, 5.41) is 2.67. The molecular weight excluding hydrogens is 260 g/mol. The first-order valence-electron chi connectivity index (χ1n) is 4.51. The van der Waals surface area contributed by atoms with Gasteiger partial charge in [0.05, 0.1) is 0 Å². The van der Waals surface area contributed by atoms with Gasteiger partial charge >= 0.3 is 0 Å². The fourth-order valence-corrected chi connectivity index (χ4v) is 1.56. The number of carbonyl (C=O) groups excluding carboxylic acids is 1. The molecule has 0 aliphatic rings. The average molecular weight is 269 g/mol. The van der Waals surface area contributed by atoms with Crippen LogP contribution in [0, 0.1) is 0 Å². The summed E-state index contributed by atoms with van der Waals surface area (Å²) >= 11 is 2.80. The maximum Gasteiger partial charge on any atom is 0.287 e. The van der Waals surface area contributed by atoms with E-state index >= 15 is 0 Å². The van der Waals surface area contributed by atoms with Gasteiger partial charge in [0.1, 0.15) is 5.52 Å². The molecule has 2 rings (SSSR count). The van der Waals surface area contributed by atoms with Crippen LogP contribution in [0.2, 0.25) is 0 Å². The van der Waals surface area contributed by atoms with Crippen molar-refractivity contribution in [3.63, 3.8) is 0 Å². The van der Waals surface area contributed by atoms with Crippen LogP contribution in [0.5, 0.6) is 0 Å². The Morgan fingerprint density at radius 1 is 1.53 bits per heavy atom. The van der Waals surface area contributed by atoms with Gasteiger partial charge in [0.15, 0.2) is 12.0 Å². The van der Waals surface area contributed by atoms with Gasteiger partial charge in [-0.05, 0) is 24.1 Å². The number of nitrogens with zero attached hydrogens (tertiary/aromatic N) is 1. The third kappa shape index (κ3) is 2.56. The van der Waals surface area contributed by atoms with Gasteiger partial charge in [-0.25, -0.2) is 4.98 Å². The Balaban J connectivity index is 2.04. The lowest BCUT2D eigenvalue weighted by molar-refractivity contribution is 0.262. The fraction of sp³-hybridized carbons (Fsp3) is 0.200. The summed E-state index contributed by atoms with van der Waals surface area (Å²) in [6.07, 6.45) is 2.20. The maximum atomic E-state index is 10.6. The van der Waals surface area contributed by atoms with E-state index in [1.165, 1.54) is 6.39 Å². The van der Waals surface area contributed by atoms with Crippen molar-refractivity contribution in [1.29, 1.82) is 0 Å². The number of hydrogen-bond acceptors (Lipinski definition) is 3. The minimum Gasteiger partial charge on any atom is -0.443 e. The SMILES string of the molecule is O=C(Br)NCCc1ccc2ncoc2c1. The van der Waals surface area contributed by atoms with Gasteiger partial charge in [-0.15, -0.1) is 0 Å². The Hall–Kier alpha value is -1.36. The van der Waals surface area contributed by atoms with Crippen LogP contribution in [0.3, 0.4) is 0 Å². The number of halogens is 1. The Labute approximate surface area is 94.8 Å². The molecule has 1 heterocycles. The second-order valence-corrected chi connectivity index (χ2v) is 3.83. The van der Waals surface area contributed by atoms with Crippen LogP contribution in [-0.2, 0) is 6.42 Å². The quantitative estimate of drug-likeness (QED) is 0.688. The van der Waals surface area contributed by atoms with Crippen LogP contribution in [0.25, 0.3) is 11.1 Å². The van der Waals surface area contributed by atoms with Gasteiger partial charge in [0.2, 0.25) is 0 Å². The van der Waals surface area contributed by atoms with E-state index < -0.39 is 0 Å². The minimum absolute atomic E-state index is 0.191. The highest BCUT2D eigenvalue weighted by molar-refractivity contribution is 9.18. The number of oxazole rings is 1. The van der Waals surface area contributed by atoms with E-state index in [0.29, 0.717) is 6.54 Å². The molecule has 0 atom stereocenters. The monoisotopic (exact) mass is 268 g/mol. The van der Waals surface area contributed by atoms with Crippen LogP contribution in [0.1, 0.15) is 5.56 Å². The second-order valence-electron chi connectivity index (χ2n) is 3.10. The first-order valence-corrected chi connectivity index (χ1v) is 5.30. The molecule has 0 aliphatic heterocycles. The summed E-state index contributed by atoms with van der Waals surface area (Å²) in [4.78, 5) is 14.4. The Bertz CT molecular complexity index is 481. The van der Waals surface area contributed by atoms with Crippen LogP contribution >= 0.6 is 15.9 Å². The van der Waals surface area contributed by atoms with Crippen LogP contribution in [0.15, 0.2) is 29.0 Å². The van der Waals surface area contributed by atoms with Crippen molar-refractivity contribution in [2.24, 2.45) is 0 Å². The first kappa shape index (κ1) is 10.2. The predicted molar refractivity (Wildman–Crippen MR) is 60.0 cm³/mol. The molecule has 4 nitrogen and oxygen atoms in total. The smallest absolute Gasteiger partial charge is 0.287 e. The molecule has 0 saturated carbocycles. The summed E-state index contributed by atoms with van der Waals surface area (Å²) in [7, 11) is 0. The normalized spacial score (nSPS) is 10.5. The molecule has 15 heavy (non-hydrogen) atoms. The number of rotatable bonds is 3. The zero-order chi connectivity index (χ0) is 10.7. The molecule has 0 bridgehead atoms. The molecule has 1 amide bonds. The fourth-order valence-electron chi connectivity index (χ4n) is 1.36. The van der Waals surface area contributed by atoms with E-state index in [0.717, 1.165) is 23.1 Å². The van der Waals surface area contributed by atoms with Crippen LogP contribution in [-0.4, -0.2) is 16.3 Å². The number of benzene rings is 1. The van der Waals surface area contributed by atoms with Crippen molar-refractivity contribution in [3.05, 3.63) is 30.2 Å². The molecule has 1 aromatic heterocycles. The topological polar surface area (TPSA) is 55.1 Å². The highest BCUT2D eigenvalue weighted by Crippen LogP contribution is 2.14. The number of aromatic nitrogens is 1. The van der Waals surface area contributed by atoms with Crippen molar-refractivity contribution < 1.29 is 9.21 Å². The number of amides is 1. The average Bonchev–Trinajstić information content (AvgIpc) is 2.64. The van der Waals surface area contributed by atoms with Crippen molar-refractivity contribution >= 4 is 31.8 Å². The molecular formula is C10H9BrN2O2. The largest absolute Gasteiger partial charge is 0.443 e. The lowest BCUT2D eigenvalue weighted by Gasteiger charge is -2.01. The van der Waals surface area contributed by atoms with E-state index in [9.17, 15) is 4.79 Å². The standard InChI is InChI=1S/C10H9BrN2O2/c11-10(14)12-4-3-7-1-2-8-9(5-7)15-6-13-8/h1-2,5-6H,3-4H2,(H,12,14). The molecule has 1 aromatic carbocycles. The highest BCUT2D eigenvalue weighted by Gasteiger charge is 2.00. The summed E-state index contributed by atoms with van der Waals surface area (Å²) in [5.41, 5.74) is 2.74. The number of fused-ring (bicyclic) bond motifs is 1. The number of hydrogen-bond donors (Lipinski definition) is 1. The van der Waals surface area contributed by atoms with Crippen molar-refractivity contribution in [2.75, 3.05) is 6.54 Å². The predicted octanol–water partition coefficient (Wildman–Crippen LogP) is 2.47. The zero-order valence-electron chi connectivity index (χ0n) is 7.87.